The van der Waals surface area contributed by atoms with E-state index < -0.39 is 0 Å². The third-order valence-corrected chi connectivity index (χ3v) is 3.32. The molecule has 0 N–H and O–H groups in total. The van der Waals surface area contributed by atoms with Gasteiger partial charge in [-0.05, 0) is 11.1 Å². The van der Waals surface area contributed by atoms with Crippen molar-refractivity contribution in [3.63, 3.8) is 0 Å². The van der Waals surface area contributed by atoms with Gasteiger partial charge in [0.1, 0.15) is 0 Å². The van der Waals surface area contributed by atoms with Crippen LogP contribution in [0.2, 0.25) is 0 Å². The Morgan fingerprint density at radius 1 is 0.895 bits per heavy atom. The first-order valence-corrected chi connectivity index (χ1v) is 6.39. The predicted molar refractivity (Wildman–Crippen MR) is 78.0 cm³/mol. The maximum Gasteiger partial charge on any atom is 0.189 e. The summed E-state index contributed by atoms with van der Waals surface area (Å²) in [4.78, 5) is 12.1. The highest BCUT2D eigenvalue weighted by atomic mass is 16.1. The Labute approximate surface area is 112 Å². The molecule has 0 atom stereocenters. The molecule has 2 aromatic rings. The molecule has 2 aromatic carbocycles. The molecule has 0 spiro atoms. The van der Waals surface area contributed by atoms with E-state index in [1.165, 1.54) is 0 Å². The zero-order valence-electron chi connectivity index (χ0n) is 10.5. The number of ketones is 1. The van der Waals surface area contributed by atoms with Gasteiger partial charge in [0.05, 0.1) is 0 Å². The maximum absolute atomic E-state index is 12.1. The van der Waals surface area contributed by atoms with Crippen molar-refractivity contribution in [1.82, 2.24) is 0 Å². The number of Topliss-reactive ketones (excluding diaryl/α,β-unsaturated/α-hetero) is 1. The number of allylic oxidation sites excluding steroid dienone is 3. The Morgan fingerprint density at radius 3 is 2.42 bits per heavy atom. The van der Waals surface area contributed by atoms with Crippen LogP contribution in [0.15, 0.2) is 72.3 Å². The fraction of sp³-hybridized carbons (Fsp3) is 0.0556. The van der Waals surface area contributed by atoms with E-state index in [1.807, 2.05) is 72.8 Å². The van der Waals surface area contributed by atoms with E-state index in [0.29, 0.717) is 0 Å². The summed E-state index contributed by atoms with van der Waals surface area (Å²) in [6.45, 7) is 0. The average molecular weight is 246 g/mol. The molecule has 19 heavy (non-hydrogen) atoms. The van der Waals surface area contributed by atoms with Crippen molar-refractivity contribution >= 4 is 11.9 Å². The second-order valence-corrected chi connectivity index (χ2v) is 4.62. The Bertz CT molecular complexity index is 663. The van der Waals surface area contributed by atoms with Crippen LogP contribution in [0.3, 0.4) is 0 Å². The summed E-state index contributed by atoms with van der Waals surface area (Å²) in [5.41, 5.74) is 3.99. The fourth-order valence-corrected chi connectivity index (χ4v) is 2.33. The van der Waals surface area contributed by atoms with E-state index >= 15 is 0 Å². The predicted octanol–water partition coefficient (Wildman–Crippen LogP) is 4.07. The van der Waals surface area contributed by atoms with Crippen molar-refractivity contribution in [1.29, 1.82) is 0 Å². The van der Waals surface area contributed by atoms with Crippen LogP contribution in [0.1, 0.15) is 21.5 Å². The smallest absolute Gasteiger partial charge is 0.189 e. The molecule has 1 aliphatic carbocycles. The maximum atomic E-state index is 12.1. The summed E-state index contributed by atoms with van der Waals surface area (Å²) in [5.74, 6) is 0.160. The number of fused-ring (bicyclic) bond motifs is 1. The fourth-order valence-electron chi connectivity index (χ4n) is 2.33. The number of rotatable bonds is 2. The molecule has 0 amide bonds. The standard InChI is InChI=1S/C18H14O/c19-18-16(13-15-10-4-5-12-17(15)18)11-6-9-14-7-2-1-3-8-14/h1-12H,13H2. The van der Waals surface area contributed by atoms with Crippen LogP contribution in [-0.4, -0.2) is 5.78 Å². The van der Waals surface area contributed by atoms with Crippen molar-refractivity contribution in [3.05, 3.63) is 89.0 Å². The van der Waals surface area contributed by atoms with Gasteiger partial charge >= 0.3 is 0 Å². The van der Waals surface area contributed by atoms with Crippen molar-refractivity contribution in [2.24, 2.45) is 0 Å². The highest BCUT2D eigenvalue weighted by Crippen LogP contribution is 2.25. The van der Waals surface area contributed by atoms with E-state index in [9.17, 15) is 4.79 Å². The molecule has 0 saturated carbocycles. The topological polar surface area (TPSA) is 17.1 Å². The van der Waals surface area contributed by atoms with Crippen LogP contribution in [-0.2, 0) is 6.42 Å². The Kier molecular flexibility index (Phi) is 3.11. The number of carbonyl (C=O) groups is 1. The van der Waals surface area contributed by atoms with Crippen LogP contribution in [0.25, 0.3) is 6.08 Å². The van der Waals surface area contributed by atoms with Gasteiger partial charge in [0.25, 0.3) is 0 Å². The minimum absolute atomic E-state index is 0.160. The summed E-state index contributed by atoms with van der Waals surface area (Å²) in [6, 6.07) is 17.9. The number of hydrogen-bond donors (Lipinski definition) is 0. The van der Waals surface area contributed by atoms with Crippen LogP contribution in [0.4, 0.5) is 0 Å². The number of benzene rings is 2. The molecule has 1 aliphatic rings. The molecule has 0 unspecified atom stereocenters. The van der Waals surface area contributed by atoms with Gasteiger partial charge in [0.15, 0.2) is 5.78 Å². The lowest BCUT2D eigenvalue weighted by Crippen LogP contribution is -1.94. The van der Waals surface area contributed by atoms with E-state index in [0.717, 1.165) is 28.7 Å². The first kappa shape index (κ1) is 11.7. The average Bonchev–Trinajstić information content (AvgIpc) is 2.78. The van der Waals surface area contributed by atoms with E-state index in [-0.39, 0.29) is 5.78 Å². The molecular formula is C18H14O. The van der Waals surface area contributed by atoms with Gasteiger partial charge < -0.3 is 0 Å². The molecule has 0 fully saturated rings. The lowest BCUT2D eigenvalue weighted by molar-refractivity contribution is 0.103. The molecule has 0 bridgehead atoms. The molecule has 92 valence electrons. The molecule has 1 heteroatoms. The first-order chi connectivity index (χ1) is 9.34. The molecule has 3 rings (SSSR count). The molecule has 1 nitrogen and oxygen atoms in total. The quantitative estimate of drug-likeness (QED) is 0.730. The Hall–Kier alpha value is -2.41. The number of carbonyl (C=O) groups excluding carboxylic acids is 1. The van der Waals surface area contributed by atoms with E-state index in [4.69, 9.17) is 0 Å². The summed E-state index contributed by atoms with van der Waals surface area (Å²) in [6.07, 6.45) is 6.64. The van der Waals surface area contributed by atoms with Crippen molar-refractivity contribution in [3.8, 4) is 0 Å². The monoisotopic (exact) mass is 246 g/mol. The summed E-state index contributed by atoms with van der Waals surface area (Å²) >= 11 is 0. The molecule has 0 aliphatic heterocycles. The zero-order chi connectivity index (χ0) is 13.1. The number of hydrogen-bond acceptors (Lipinski definition) is 1. The van der Waals surface area contributed by atoms with Gasteiger partial charge in [0, 0.05) is 17.6 Å². The summed E-state index contributed by atoms with van der Waals surface area (Å²) in [7, 11) is 0. The minimum Gasteiger partial charge on any atom is -0.289 e. The minimum atomic E-state index is 0.160. The van der Waals surface area contributed by atoms with Crippen LogP contribution in [0, 0.1) is 0 Å². The second-order valence-electron chi connectivity index (χ2n) is 4.62. The Balaban J connectivity index is 1.80. The van der Waals surface area contributed by atoms with Gasteiger partial charge in [-0.2, -0.15) is 0 Å². The van der Waals surface area contributed by atoms with E-state index in [2.05, 4.69) is 0 Å². The second kappa shape index (κ2) is 5.07. The van der Waals surface area contributed by atoms with Gasteiger partial charge in [0.2, 0.25) is 0 Å². The summed E-state index contributed by atoms with van der Waals surface area (Å²) < 4.78 is 0. The normalized spacial score (nSPS) is 16.2. The SMILES string of the molecule is O=C1C(=CC=Cc2ccccc2)Cc2ccccc21. The molecule has 0 saturated heterocycles. The van der Waals surface area contributed by atoms with Crippen LogP contribution >= 0.6 is 0 Å². The first-order valence-electron chi connectivity index (χ1n) is 6.39. The van der Waals surface area contributed by atoms with Gasteiger partial charge in [-0.1, -0.05) is 72.8 Å². The molecule has 0 radical (unpaired) electrons. The van der Waals surface area contributed by atoms with Gasteiger partial charge in [-0.3, -0.25) is 4.79 Å². The highest BCUT2D eigenvalue weighted by molar-refractivity contribution is 6.13. The molecule has 0 heterocycles. The largest absolute Gasteiger partial charge is 0.289 e. The van der Waals surface area contributed by atoms with Gasteiger partial charge in [-0.25, -0.2) is 0 Å². The lowest BCUT2D eigenvalue weighted by atomic mass is 10.1. The van der Waals surface area contributed by atoms with Crippen molar-refractivity contribution in [2.75, 3.05) is 0 Å². The third kappa shape index (κ3) is 2.41. The van der Waals surface area contributed by atoms with Crippen LogP contribution in [0.5, 0.6) is 0 Å². The van der Waals surface area contributed by atoms with Crippen LogP contribution < -0.4 is 0 Å². The van der Waals surface area contributed by atoms with Crippen molar-refractivity contribution in [2.45, 2.75) is 6.42 Å². The third-order valence-electron chi connectivity index (χ3n) is 3.32. The zero-order valence-corrected chi connectivity index (χ0v) is 10.5. The Morgan fingerprint density at radius 2 is 1.63 bits per heavy atom. The molecular weight excluding hydrogens is 232 g/mol. The van der Waals surface area contributed by atoms with Crippen molar-refractivity contribution < 1.29 is 4.79 Å². The highest BCUT2D eigenvalue weighted by Gasteiger charge is 2.23. The van der Waals surface area contributed by atoms with E-state index in [1.54, 1.807) is 0 Å². The lowest BCUT2D eigenvalue weighted by Gasteiger charge is -1.92. The molecule has 0 aromatic heterocycles. The van der Waals surface area contributed by atoms with Gasteiger partial charge in [-0.15, -0.1) is 0 Å². The summed E-state index contributed by atoms with van der Waals surface area (Å²) in [5, 5.41) is 0.